The van der Waals surface area contributed by atoms with Gasteiger partial charge in [0.2, 0.25) is 15.8 Å². The van der Waals surface area contributed by atoms with Crippen LogP contribution >= 0.6 is 12.8 Å². The summed E-state index contributed by atoms with van der Waals surface area (Å²) in [6.07, 6.45) is 2.63. The van der Waals surface area contributed by atoms with Gasteiger partial charge in [-0.1, -0.05) is 32.2 Å². The van der Waals surface area contributed by atoms with E-state index < -0.39 is 22.0 Å². The zero-order chi connectivity index (χ0) is 20.0. The minimum absolute atomic E-state index is 0.0126. The molecule has 0 aliphatic carbocycles. The summed E-state index contributed by atoms with van der Waals surface area (Å²) in [4.78, 5) is 23.1. The molecule has 0 saturated carbocycles. The highest BCUT2D eigenvalue weighted by Gasteiger charge is 2.19. The van der Waals surface area contributed by atoms with Crippen LogP contribution < -0.4 is 14.3 Å². The summed E-state index contributed by atoms with van der Waals surface area (Å²) in [6, 6.07) is 6.15. The molecule has 0 saturated heterocycles. The zero-order valence-electron chi connectivity index (χ0n) is 14.4. The summed E-state index contributed by atoms with van der Waals surface area (Å²) in [6.45, 7) is 2.28. The average Bonchev–Trinajstić information content (AvgIpc) is 3.12. The number of aromatic carboxylic acids is 1. The molecule has 11 heteroatoms. The number of urea groups is 1. The van der Waals surface area contributed by atoms with Crippen molar-refractivity contribution in [2.24, 2.45) is 0 Å². The number of carboxylic acids is 1. The molecule has 0 spiro atoms. The van der Waals surface area contributed by atoms with Crippen LogP contribution in [0.4, 0.5) is 16.2 Å². The number of furan rings is 1. The first kappa shape index (κ1) is 20.8. The van der Waals surface area contributed by atoms with Gasteiger partial charge in [-0.05, 0) is 24.6 Å². The highest BCUT2D eigenvalue weighted by molar-refractivity contribution is 7.89. The van der Waals surface area contributed by atoms with Gasteiger partial charge in [-0.25, -0.2) is 27.0 Å². The lowest BCUT2D eigenvalue weighted by molar-refractivity contribution is 0.0662. The smallest absolute Gasteiger partial charge is 0.371 e. The molecule has 0 bridgehead atoms. The van der Waals surface area contributed by atoms with Crippen LogP contribution in [0.5, 0.6) is 0 Å². The second-order valence-corrected chi connectivity index (χ2v) is 7.66. The van der Waals surface area contributed by atoms with Gasteiger partial charge in [0, 0.05) is 18.3 Å². The van der Waals surface area contributed by atoms with Gasteiger partial charge >= 0.3 is 12.0 Å². The molecule has 2 aromatic rings. The quantitative estimate of drug-likeness (QED) is 0.389. The number of nitrogens with zero attached hydrogens (tertiary/aromatic N) is 1. The number of carbonyl (C=O) groups is 2. The minimum atomic E-state index is -3.68. The summed E-state index contributed by atoms with van der Waals surface area (Å²) in [5.74, 6) is -1.63. The third-order valence-corrected chi connectivity index (χ3v) is 5.32. The van der Waals surface area contributed by atoms with E-state index in [2.05, 4.69) is 22.9 Å². The van der Waals surface area contributed by atoms with Gasteiger partial charge in [0.1, 0.15) is 6.26 Å². The molecule has 1 aromatic heterocycles. The highest BCUT2D eigenvalue weighted by atomic mass is 32.2. The van der Waals surface area contributed by atoms with Crippen molar-refractivity contribution in [3.63, 3.8) is 0 Å². The number of rotatable bonds is 8. The van der Waals surface area contributed by atoms with Crippen LogP contribution in [-0.4, -0.2) is 32.1 Å². The molecule has 2 amide bonds. The molecule has 9 nitrogen and oxygen atoms in total. The minimum Gasteiger partial charge on any atom is -0.475 e. The van der Waals surface area contributed by atoms with E-state index >= 15 is 0 Å². The van der Waals surface area contributed by atoms with E-state index in [1.807, 2.05) is 6.92 Å². The standard InChI is InChI=1S/C16H19N3O6S2/c1-2-3-7-17-27(23,24)13-6-4-5-11(8-13)18-16(22)19(26)12-9-14(15(20)21)25-10-12/h4-6,8-10,17,26H,2-3,7H2,1H3,(H,18,22)(H,20,21). The van der Waals surface area contributed by atoms with Gasteiger partial charge in [-0.15, -0.1) is 0 Å². The summed E-state index contributed by atoms with van der Waals surface area (Å²) in [5, 5.41) is 11.3. The summed E-state index contributed by atoms with van der Waals surface area (Å²) >= 11 is 4.00. The molecule has 0 aliphatic rings. The van der Waals surface area contributed by atoms with Gasteiger partial charge in [-0.2, -0.15) is 0 Å². The monoisotopic (exact) mass is 413 g/mol. The lowest BCUT2D eigenvalue weighted by Gasteiger charge is -2.15. The van der Waals surface area contributed by atoms with Gasteiger partial charge < -0.3 is 14.8 Å². The average molecular weight is 413 g/mol. The van der Waals surface area contributed by atoms with E-state index in [9.17, 15) is 18.0 Å². The van der Waals surface area contributed by atoms with Crippen LogP contribution in [0, 0.1) is 0 Å². The van der Waals surface area contributed by atoms with Crippen molar-refractivity contribution in [1.82, 2.24) is 4.72 Å². The molecule has 2 rings (SSSR count). The van der Waals surface area contributed by atoms with Crippen molar-refractivity contribution in [1.29, 1.82) is 0 Å². The summed E-state index contributed by atoms with van der Waals surface area (Å²) in [7, 11) is -3.68. The van der Waals surface area contributed by atoms with E-state index in [-0.39, 0.29) is 22.0 Å². The number of hydrogen-bond donors (Lipinski definition) is 4. The molecule has 0 aliphatic heterocycles. The number of sulfonamides is 1. The Morgan fingerprint density at radius 1 is 1.30 bits per heavy atom. The topological polar surface area (TPSA) is 129 Å². The number of thiol groups is 1. The summed E-state index contributed by atoms with van der Waals surface area (Å²) in [5.41, 5.74) is 0.345. The number of hydrogen-bond acceptors (Lipinski definition) is 6. The second kappa shape index (κ2) is 8.93. The van der Waals surface area contributed by atoms with E-state index in [1.165, 1.54) is 24.3 Å². The Hall–Kier alpha value is -2.50. The number of carbonyl (C=O) groups excluding carboxylic acids is 1. The molecule has 0 atom stereocenters. The van der Waals surface area contributed by atoms with Crippen LogP contribution in [-0.2, 0) is 10.0 Å². The molecular formula is C16H19N3O6S2. The van der Waals surface area contributed by atoms with Gasteiger partial charge in [0.05, 0.1) is 10.6 Å². The Morgan fingerprint density at radius 3 is 2.67 bits per heavy atom. The van der Waals surface area contributed by atoms with Crippen molar-refractivity contribution in [3.8, 4) is 0 Å². The maximum Gasteiger partial charge on any atom is 0.371 e. The third kappa shape index (κ3) is 5.49. The fourth-order valence-electron chi connectivity index (χ4n) is 2.05. The van der Waals surface area contributed by atoms with Crippen molar-refractivity contribution >= 4 is 46.2 Å². The van der Waals surface area contributed by atoms with Crippen LogP contribution in [0.2, 0.25) is 0 Å². The Kier molecular flexibility index (Phi) is 6.88. The maximum atomic E-state index is 12.2. The molecule has 1 heterocycles. The van der Waals surface area contributed by atoms with E-state index in [0.717, 1.165) is 23.1 Å². The van der Waals surface area contributed by atoms with Crippen molar-refractivity contribution in [3.05, 3.63) is 42.4 Å². The number of unbranched alkanes of at least 4 members (excludes halogenated alkanes) is 1. The molecule has 3 N–H and O–H groups in total. The largest absolute Gasteiger partial charge is 0.475 e. The molecule has 1 aromatic carbocycles. The first-order chi connectivity index (χ1) is 12.7. The van der Waals surface area contributed by atoms with Crippen LogP contribution in [0.3, 0.4) is 0 Å². The highest BCUT2D eigenvalue weighted by Crippen LogP contribution is 2.22. The Bertz CT molecular complexity index is 926. The molecule has 146 valence electrons. The number of nitrogens with one attached hydrogen (secondary N) is 2. The number of anilines is 2. The maximum absolute atomic E-state index is 12.2. The van der Waals surface area contributed by atoms with Crippen molar-refractivity contribution < 1.29 is 27.5 Å². The second-order valence-electron chi connectivity index (χ2n) is 5.50. The van der Waals surface area contributed by atoms with Crippen LogP contribution in [0.25, 0.3) is 0 Å². The van der Waals surface area contributed by atoms with Crippen LogP contribution in [0.15, 0.2) is 45.9 Å². The van der Waals surface area contributed by atoms with Gasteiger partial charge in [0.25, 0.3) is 0 Å². The molecule has 0 fully saturated rings. The molecule has 0 radical (unpaired) electrons. The first-order valence-corrected chi connectivity index (χ1v) is 9.84. The van der Waals surface area contributed by atoms with E-state index in [0.29, 0.717) is 13.0 Å². The fourth-order valence-corrected chi connectivity index (χ4v) is 3.33. The molecule has 0 unspecified atom stereocenters. The van der Waals surface area contributed by atoms with Gasteiger partial charge in [-0.3, -0.25) is 0 Å². The van der Waals surface area contributed by atoms with E-state index in [4.69, 9.17) is 9.52 Å². The van der Waals surface area contributed by atoms with Gasteiger partial charge in [0.15, 0.2) is 0 Å². The van der Waals surface area contributed by atoms with Crippen LogP contribution in [0.1, 0.15) is 30.3 Å². The van der Waals surface area contributed by atoms with Crippen molar-refractivity contribution in [2.45, 2.75) is 24.7 Å². The first-order valence-electron chi connectivity index (χ1n) is 7.96. The van der Waals surface area contributed by atoms with E-state index in [1.54, 1.807) is 0 Å². The molecule has 27 heavy (non-hydrogen) atoms. The third-order valence-electron chi connectivity index (χ3n) is 3.45. The Labute approximate surface area is 162 Å². The molecular weight excluding hydrogens is 394 g/mol. The SMILES string of the molecule is CCCCNS(=O)(=O)c1cccc(NC(=O)N(S)c2coc(C(=O)O)c2)c1. The Morgan fingerprint density at radius 2 is 2.04 bits per heavy atom. The zero-order valence-corrected chi connectivity index (χ0v) is 16.1. The predicted molar refractivity (Wildman–Crippen MR) is 103 cm³/mol. The normalized spacial score (nSPS) is 11.2. The lowest BCUT2D eigenvalue weighted by atomic mass is 10.3. The number of carboxylic acid groups (broad SMARTS) is 1. The number of amides is 2. The number of benzene rings is 1. The van der Waals surface area contributed by atoms with Crippen molar-refractivity contribution in [2.75, 3.05) is 16.2 Å². The summed E-state index contributed by atoms with van der Waals surface area (Å²) < 4.78 is 32.6. The Balaban J connectivity index is 2.10. The predicted octanol–water partition coefficient (Wildman–Crippen LogP) is 2.94. The lowest BCUT2D eigenvalue weighted by Crippen LogP contribution is -2.27. The fraction of sp³-hybridized carbons (Fsp3) is 0.250.